The number of carbonyl (C=O) groups is 1. The van der Waals surface area contributed by atoms with Gasteiger partial charge in [-0.15, -0.1) is 15.3 Å². The molecular weight excluding hydrogens is 230 g/mol. The van der Waals surface area contributed by atoms with Crippen LogP contribution in [0.2, 0.25) is 0 Å². The molecular formula is C8H9N5O2S. The van der Waals surface area contributed by atoms with E-state index < -0.39 is 5.97 Å². The molecule has 0 aliphatic rings. The molecule has 0 radical (unpaired) electrons. The van der Waals surface area contributed by atoms with E-state index in [9.17, 15) is 4.79 Å². The Morgan fingerprint density at radius 1 is 1.50 bits per heavy atom. The van der Waals surface area contributed by atoms with Crippen molar-refractivity contribution >= 4 is 17.3 Å². The van der Waals surface area contributed by atoms with Crippen LogP contribution >= 0.6 is 11.3 Å². The summed E-state index contributed by atoms with van der Waals surface area (Å²) in [5.74, 6) is -0.846. The number of carboxylic acid groups (broad SMARTS) is 1. The average Bonchev–Trinajstić information content (AvgIpc) is 2.83. The molecule has 0 fully saturated rings. The van der Waals surface area contributed by atoms with Gasteiger partial charge in [0.2, 0.25) is 5.13 Å². The van der Waals surface area contributed by atoms with Crippen molar-refractivity contribution in [2.45, 2.75) is 19.8 Å². The number of hydrogen-bond acceptors (Lipinski definition) is 6. The molecule has 0 aliphatic heterocycles. The Balaban J connectivity index is 2.10. The van der Waals surface area contributed by atoms with E-state index in [0.29, 0.717) is 17.2 Å². The first kappa shape index (κ1) is 10.7. The molecule has 0 aliphatic carbocycles. The fourth-order valence-corrected chi connectivity index (χ4v) is 1.73. The number of carboxylic acids is 1. The fraction of sp³-hybridized carbons (Fsp3) is 0.375. The van der Waals surface area contributed by atoms with Crippen molar-refractivity contribution in [3.05, 3.63) is 16.9 Å². The number of nitrogens with zero attached hydrogens (tertiary/aromatic N) is 5. The minimum Gasteiger partial charge on any atom is -0.481 e. The van der Waals surface area contributed by atoms with Gasteiger partial charge in [0.25, 0.3) is 0 Å². The van der Waals surface area contributed by atoms with Crippen LogP contribution in [-0.2, 0) is 11.2 Å². The Labute approximate surface area is 94.7 Å². The molecule has 2 heterocycles. The minimum atomic E-state index is -0.846. The summed E-state index contributed by atoms with van der Waals surface area (Å²) in [5, 5.41) is 25.5. The Hall–Kier alpha value is -1.83. The van der Waals surface area contributed by atoms with Gasteiger partial charge in [0.05, 0.1) is 18.3 Å². The first-order valence-corrected chi connectivity index (χ1v) is 5.40. The quantitative estimate of drug-likeness (QED) is 0.832. The molecule has 2 rings (SSSR count). The molecule has 7 nitrogen and oxygen atoms in total. The van der Waals surface area contributed by atoms with Crippen LogP contribution in [0.25, 0.3) is 5.13 Å². The number of aromatic nitrogens is 5. The van der Waals surface area contributed by atoms with Crippen LogP contribution in [0.5, 0.6) is 0 Å². The van der Waals surface area contributed by atoms with Crippen molar-refractivity contribution in [2.24, 2.45) is 0 Å². The Morgan fingerprint density at radius 2 is 2.31 bits per heavy atom. The first-order chi connectivity index (χ1) is 7.65. The van der Waals surface area contributed by atoms with Gasteiger partial charge < -0.3 is 5.11 Å². The molecule has 0 spiro atoms. The summed E-state index contributed by atoms with van der Waals surface area (Å²) in [5.41, 5.74) is 0.634. The lowest BCUT2D eigenvalue weighted by molar-refractivity contribution is -0.136. The van der Waals surface area contributed by atoms with E-state index in [1.54, 1.807) is 6.20 Å². The first-order valence-electron chi connectivity index (χ1n) is 4.58. The van der Waals surface area contributed by atoms with E-state index >= 15 is 0 Å². The monoisotopic (exact) mass is 239 g/mol. The second kappa shape index (κ2) is 4.35. The molecule has 2 aromatic rings. The zero-order valence-corrected chi connectivity index (χ0v) is 9.31. The number of aryl methyl sites for hydroxylation is 2. The standard InChI is InChI=1S/C8H9N5O2S/c1-5-9-11-8(16-5)13-4-6(10-12-13)2-3-7(14)15/h4H,2-3H2,1H3,(H,14,15). The van der Waals surface area contributed by atoms with Crippen LogP contribution in [0.4, 0.5) is 0 Å². The molecule has 0 unspecified atom stereocenters. The number of rotatable bonds is 4. The molecule has 16 heavy (non-hydrogen) atoms. The predicted octanol–water partition coefficient (Wildman–Crippen LogP) is 0.444. The third-order valence-electron chi connectivity index (χ3n) is 1.85. The van der Waals surface area contributed by atoms with Gasteiger partial charge in [-0.2, -0.15) is 4.68 Å². The highest BCUT2D eigenvalue weighted by Gasteiger charge is 2.08. The lowest BCUT2D eigenvalue weighted by Crippen LogP contribution is -1.97. The largest absolute Gasteiger partial charge is 0.481 e. The van der Waals surface area contributed by atoms with Crippen LogP contribution in [-0.4, -0.2) is 36.3 Å². The van der Waals surface area contributed by atoms with E-state index in [4.69, 9.17) is 5.11 Å². The van der Waals surface area contributed by atoms with Crippen LogP contribution in [0.15, 0.2) is 6.20 Å². The van der Waals surface area contributed by atoms with E-state index in [2.05, 4.69) is 20.5 Å². The summed E-state index contributed by atoms with van der Waals surface area (Å²) < 4.78 is 1.50. The van der Waals surface area contributed by atoms with Crippen molar-refractivity contribution in [2.75, 3.05) is 0 Å². The van der Waals surface area contributed by atoms with Crippen molar-refractivity contribution in [1.29, 1.82) is 0 Å². The van der Waals surface area contributed by atoms with Gasteiger partial charge in [-0.3, -0.25) is 4.79 Å². The molecule has 0 bridgehead atoms. The summed E-state index contributed by atoms with van der Waals surface area (Å²) in [4.78, 5) is 10.4. The molecule has 0 amide bonds. The lowest BCUT2D eigenvalue weighted by atomic mass is 10.2. The lowest BCUT2D eigenvalue weighted by Gasteiger charge is -1.89. The van der Waals surface area contributed by atoms with E-state index in [1.165, 1.54) is 16.0 Å². The highest BCUT2D eigenvalue weighted by molar-refractivity contribution is 7.13. The SMILES string of the molecule is Cc1nnc(-n2cc(CCC(=O)O)nn2)s1. The number of aliphatic carboxylic acids is 1. The molecule has 0 saturated carbocycles. The van der Waals surface area contributed by atoms with Gasteiger partial charge >= 0.3 is 5.97 Å². The summed E-state index contributed by atoms with van der Waals surface area (Å²) in [6.07, 6.45) is 2.09. The molecule has 8 heteroatoms. The van der Waals surface area contributed by atoms with Crippen LogP contribution in [0, 0.1) is 6.92 Å². The van der Waals surface area contributed by atoms with Gasteiger partial charge in [0.1, 0.15) is 5.01 Å². The summed E-state index contributed by atoms with van der Waals surface area (Å²) >= 11 is 1.40. The molecule has 0 atom stereocenters. The van der Waals surface area contributed by atoms with Gasteiger partial charge in [-0.25, -0.2) is 0 Å². The summed E-state index contributed by atoms with van der Waals surface area (Å²) in [6, 6.07) is 0. The van der Waals surface area contributed by atoms with Crippen LogP contribution < -0.4 is 0 Å². The third kappa shape index (κ3) is 2.40. The van der Waals surface area contributed by atoms with Crippen LogP contribution in [0.1, 0.15) is 17.1 Å². The molecule has 2 aromatic heterocycles. The maximum atomic E-state index is 10.4. The van der Waals surface area contributed by atoms with Crippen molar-refractivity contribution in [1.82, 2.24) is 25.2 Å². The zero-order chi connectivity index (χ0) is 11.5. The normalized spacial score (nSPS) is 10.6. The van der Waals surface area contributed by atoms with E-state index in [1.807, 2.05) is 6.92 Å². The van der Waals surface area contributed by atoms with E-state index in [-0.39, 0.29) is 6.42 Å². The smallest absolute Gasteiger partial charge is 0.303 e. The summed E-state index contributed by atoms with van der Waals surface area (Å²) in [7, 11) is 0. The zero-order valence-electron chi connectivity index (χ0n) is 8.49. The maximum Gasteiger partial charge on any atom is 0.303 e. The Kier molecular flexibility index (Phi) is 2.91. The third-order valence-corrected chi connectivity index (χ3v) is 2.68. The average molecular weight is 239 g/mol. The summed E-state index contributed by atoms with van der Waals surface area (Å²) in [6.45, 7) is 1.85. The number of hydrogen-bond donors (Lipinski definition) is 1. The minimum absolute atomic E-state index is 0.0494. The van der Waals surface area contributed by atoms with Crippen LogP contribution in [0.3, 0.4) is 0 Å². The van der Waals surface area contributed by atoms with Gasteiger partial charge in [-0.05, 0) is 6.92 Å². The molecule has 84 valence electrons. The topological polar surface area (TPSA) is 93.8 Å². The van der Waals surface area contributed by atoms with Crippen molar-refractivity contribution in [3.63, 3.8) is 0 Å². The van der Waals surface area contributed by atoms with Crippen molar-refractivity contribution in [3.8, 4) is 5.13 Å². The highest BCUT2D eigenvalue weighted by Crippen LogP contribution is 2.12. The Morgan fingerprint density at radius 3 is 2.94 bits per heavy atom. The van der Waals surface area contributed by atoms with E-state index in [0.717, 1.165) is 5.01 Å². The predicted molar refractivity (Wildman–Crippen MR) is 55.5 cm³/mol. The molecule has 0 saturated heterocycles. The van der Waals surface area contributed by atoms with Gasteiger partial charge in [0, 0.05) is 6.42 Å². The fourth-order valence-electron chi connectivity index (χ4n) is 1.12. The maximum absolute atomic E-state index is 10.4. The Bertz CT molecular complexity index is 506. The van der Waals surface area contributed by atoms with Crippen molar-refractivity contribution < 1.29 is 9.90 Å². The second-order valence-electron chi connectivity index (χ2n) is 3.15. The highest BCUT2D eigenvalue weighted by atomic mass is 32.1. The molecule has 0 aromatic carbocycles. The second-order valence-corrected chi connectivity index (χ2v) is 4.31. The van der Waals surface area contributed by atoms with Gasteiger partial charge in [-0.1, -0.05) is 16.6 Å². The van der Waals surface area contributed by atoms with Gasteiger partial charge in [0.15, 0.2) is 0 Å². The molecule has 1 N–H and O–H groups in total.